The van der Waals surface area contributed by atoms with Crippen molar-refractivity contribution in [2.45, 2.75) is 50.9 Å². The molecule has 3 aliphatic carbocycles. The third-order valence-electron chi connectivity index (χ3n) is 4.50. The molecule has 3 saturated carbocycles. The van der Waals surface area contributed by atoms with Crippen LogP contribution < -0.4 is 0 Å². The molecule has 0 aromatic carbocycles. The molecule has 5 unspecified atom stereocenters. The van der Waals surface area contributed by atoms with Crippen LogP contribution in [0.2, 0.25) is 0 Å². The molecule has 0 aromatic rings. The number of ether oxygens (including phenoxy) is 1. The van der Waals surface area contributed by atoms with Gasteiger partial charge in [0.05, 0.1) is 5.60 Å². The molecule has 5 aliphatic rings. The van der Waals surface area contributed by atoms with Crippen molar-refractivity contribution in [3.05, 3.63) is 0 Å². The second-order valence-corrected chi connectivity index (χ2v) is 5.40. The highest BCUT2D eigenvalue weighted by atomic mass is 16.6. The largest absolute Gasteiger partial charge is 0.368 e. The molecule has 0 spiro atoms. The fourth-order valence-electron chi connectivity index (χ4n) is 3.79. The fraction of sp³-hybridized carbons (Fsp3) is 1.00. The van der Waals surface area contributed by atoms with Crippen LogP contribution in [0.4, 0.5) is 0 Å². The van der Waals surface area contributed by atoms with Crippen LogP contribution in [-0.4, -0.2) is 17.0 Å². The van der Waals surface area contributed by atoms with Crippen molar-refractivity contribution in [2.75, 3.05) is 0 Å². The molecule has 1 N–H and O–H groups in total. The summed E-state index contributed by atoms with van der Waals surface area (Å²) < 4.78 is 5.79. The topological polar surface area (TPSA) is 29.5 Å². The second kappa shape index (κ2) is 2.48. The molecule has 0 radical (unpaired) electrons. The highest BCUT2D eigenvalue weighted by Gasteiger charge is 2.52. The molecule has 2 aliphatic heterocycles. The van der Waals surface area contributed by atoms with Crippen molar-refractivity contribution in [2.24, 2.45) is 17.8 Å². The Morgan fingerprint density at radius 2 is 2.15 bits per heavy atom. The molecule has 4 bridgehead atoms. The third-order valence-corrected chi connectivity index (χ3v) is 4.50. The lowest BCUT2D eigenvalue weighted by molar-refractivity contribution is -0.250. The van der Waals surface area contributed by atoms with E-state index >= 15 is 0 Å². The summed E-state index contributed by atoms with van der Waals surface area (Å²) in [5, 5.41) is 9.79. The summed E-state index contributed by atoms with van der Waals surface area (Å²) in [7, 11) is 0. The van der Waals surface area contributed by atoms with Gasteiger partial charge in [0, 0.05) is 5.92 Å². The van der Waals surface area contributed by atoms with Crippen molar-refractivity contribution < 1.29 is 9.84 Å². The van der Waals surface area contributed by atoms with Gasteiger partial charge in [-0.2, -0.15) is 0 Å². The minimum atomic E-state index is -0.468. The standard InChI is InChI=1S/C11H18O2/c1-11-6-7-2-3-9(11)5-8(4-7)10(12)13-11/h7-10,12H,2-6H2,1H3. The van der Waals surface area contributed by atoms with E-state index in [0.717, 1.165) is 11.8 Å². The first-order valence-electron chi connectivity index (χ1n) is 5.53. The van der Waals surface area contributed by atoms with Gasteiger partial charge in [-0.1, -0.05) is 0 Å². The Morgan fingerprint density at radius 3 is 3.00 bits per heavy atom. The van der Waals surface area contributed by atoms with E-state index in [4.69, 9.17) is 4.74 Å². The highest BCUT2D eigenvalue weighted by Crippen LogP contribution is 2.53. The van der Waals surface area contributed by atoms with Gasteiger partial charge in [-0.25, -0.2) is 0 Å². The number of rotatable bonds is 0. The van der Waals surface area contributed by atoms with E-state index in [9.17, 15) is 5.11 Å². The predicted molar refractivity (Wildman–Crippen MR) is 49.1 cm³/mol. The van der Waals surface area contributed by atoms with E-state index < -0.39 is 6.29 Å². The number of hydrogen-bond acceptors (Lipinski definition) is 2. The van der Waals surface area contributed by atoms with Crippen LogP contribution in [0.5, 0.6) is 0 Å². The molecule has 2 heteroatoms. The molecule has 5 atom stereocenters. The SMILES string of the molecule is CC12CC3CCC1CC(C3)C(O)O2. The van der Waals surface area contributed by atoms with Gasteiger partial charge in [0.25, 0.3) is 0 Å². The molecule has 2 heterocycles. The van der Waals surface area contributed by atoms with E-state index in [1.807, 2.05) is 0 Å². The summed E-state index contributed by atoms with van der Waals surface area (Å²) in [6.07, 6.45) is 5.81. The predicted octanol–water partition coefficient (Wildman–Crippen LogP) is 1.92. The van der Waals surface area contributed by atoms with Crippen LogP contribution >= 0.6 is 0 Å². The Morgan fingerprint density at radius 1 is 1.31 bits per heavy atom. The maximum absolute atomic E-state index is 9.79. The molecule has 74 valence electrons. The molecular formula is C11H18O2. The zero-order valence-corrected chi connectivity index (χ0v) is 8.20. The van der Waals surface area contributed by atoms with Crippen LogP contribution in [0.1, 0.15) is 39.0 Å². The maximum Gasteiger partial charge on any atom is 0.158 e. The molecule has 0 amide bonds. The average Bonchev–Trinajstić information content (AvgIpc) is 2.35. The average molecular weight is 182 g/mol. The monoisotopic (exact) mass is 182 g/mol. The normalized spacial score (nSPS) is 59.5. The van der Waals surface area contributed by atoms with Gasteiger partial charge in [0.15, 0.2) is 6.29 Å². The zero-order chi connectivity index (χ0) is 9.05. The van der Waals surface area contributed by atoms with Crippen LogP contribution in [0.25, 0.3) is 0 Å². The van der Waals surface area contributed by atoms with Crippen molar-refractivity contribution in [3.63, 3.8) is 0 Å². The summed E-state index contributed by atoms with van der Waals surface area (Å²) in [5.74, 6) is 1.98. The molecule has 5 fully saturated rings. The number of fused-ring (bicyclic) bond motifs is 2. The molecule has 5 rings (SSSR count). The third kappa shape index (κ3) is 1.08. The van der Waals surface area contributed by atoms with Gasteiger partial charge >= 0.3 is 0 Å². The van der Waals surface area contributed by atoms with Gasteiger partial charge in [-0.15, -0.1) is 0 Å². The summed E-state index contributed by atoms with van der Waals surface area (Å²) >= 11 is 0. The van der Waals surface area contributed by atoms with E-state index in [2.05, 4.69) is 6.92 Å². The van der Waals surface area contributed by atoms with Gasteiger partial charge in [-0.3, -0.25) is 0 Å². The van der Waals surface area contributed by atoms with Crippen molar-refractivity contribution in [1.82, 2.24) is 0 Å². The fourth-order valence-corrected chi connectivity index (χ4v) is 3.79. The zero-order valence-electron chi connectivity index (χ0n) is 8.20. The minimum absolute atomic E-state index is 0.00926. The Hall–Kier alpha value is -0.0800. The molecule has 2 saturated heterocycles. The first-order chi connectivity index (χ1) is 6.17. The van der Waals surface area contributed by atoms with Crippen LogP contribution in [0.15, 0.2) is 0 Å². The van der Waals surface area contributed by atoms with Gasteiger partial charge in [0.2, 0.25) is 0 Å². The Bertz CT molecular complexity index is 224. The summed E-state index contributed by atoms with van der Waals surface area (Å²) in [5.41, 5.74) is 0.00926. The smallest absolute Gasteiger partial charge is 0.158 e. The maximum atomic E-state index is 9.79. The quantitative estimate of drug-likeness (QED) is 0.620. The first kappa shape index (κ1) is 8.25. The summed E-state index contributed by atoms with van der Waals surface area (Å²) in [4.78, 5) is 0. The Kier molecular flexibility index (Phi) is 1.58. The second-order valence-electron chi connectivity index (χ2n) is 5.40. The van der Waals surface area contributed by atoms with E-state index in [1.54, 1.807) is 0 Å². The number of aliphatic hydroxyl groups excluding tert-OH is 1. The molecule has 0 aromatic heterocycles. The molecule has 2 nitrogen and oxygen atoms in total. The van der Waals surface area contributed by atoms with Gasteiger partial charge in [-0.05, 0) is 50.9 Å². The number of hydrogen-bond donors (Lipinski definition) is 1. The lowest BCUT2D eigenvalue weighted by Crippen LogP contribution is -2.48. The Labute approximate surface area is 79.3 Å². The van der Waals surface area contributed by atoms with Gasteiger partial charge < -0.3 is 9.84 Å². The first-order valence-corrected chi connectivity index (χ1v) is 5.53. The summed E-state index contributed by atoms with van der Waals surface area (Å²) in [6, 6.07) is 0. The van der Waals surface area contributed by atoms with Crippen LogP contribution in [0, 0.1) is 17.8 Å². The van der Waals surface area contributed by atoms with Crippen molar-refractivity contribution >= 4 is 0 Å². The lowest BCUT2D eigenvalue weighted by atomic mass is 9.72. The molecule has 13 heavy (non-hydrogen) atoms. The summed E-state index contributed by atoms with van der Waals surface area (Å²) in [6.45, 7) is 2.20. The van der Waals surface area contributed by atoms with E-state index in [1.165, 1.54) is 32.1 Å². The van der Waals surface area contributed by atoms with Crippen molar-refractivity contribution in [3.8, 4) is 0 Å². The molecular weight excluding hydrogens is 164 g/mol. The van der Waals surface area contributed by atoms with E-state index in [0.29, 0.717) is 5.92 Å². The minimum Gasteiger partial charge on any atom is -0.368 e. The number of aliphatic hydroxyl groups is 1. The highest BCUT2D eigenvalue weighted by molar-refractivity contribution is 5.00. The Balaban J connectivity index is 1.98. The van der Waals surface area contributed by atoms with Crippen molar-refractivity contribution in [1.29, 1.82) is 0 Å². The van der Waals surface area contributed by atoms with Crippen LogP contribution in [0.3, 0.4) is 0 Å². The van der Waals surface area contributed by atoms with E-state index in [-0.39, 0.29) is 5.60 Å². The van der Waals surface area contributed by atoms with Crippen LogP contribution in [-0.2, 0) is 4.74 Å². The lowest BCUT2D eigenvalue weighted by Gasteiger charge is -2.46. The van der Waals surface area contributed by atoms with Gasteiger partial charge in [0.1, 0.15) is 0 Å².